The Bertz CT molecular complexity index is 569. The second-order valence-corrected chi connectivity index (χ2v) is 4.88. The molecule has 10 heteroatoms. The number of aliphatic carboxylic acids is 1. The summed E-state index contributed by atoms with van der Waals surface area (Å²) in [4.78, 5) is 41.9. The van der Waals surface area contributed by atoms with Gasteiger partial charge >= 0.3 is 11.9 Å². The van der Waals surface area contributed by atoms with Crippen molar-refractivity contribution in [3.05, 3.63) is 16.9 Å². The number of halogens is 1. The number of hydrogen-bond acceptors (Lipinski definition) is 7. The van der Waals surface area contributed by atoms with Crippen LogP contribution in [0.2, 0.25) is 5.02 Å². The SMILES string of the molecule is COC(=O)C[C@H](NC(=O)c1nc(SC)ncc1Cl)C(=O)O. The molecule has 0 radical (unpaired) electrons. The summed E-state index contributed by atoms with van der Waals surface area (Å²) >= 11 is 7.01. The van der Waals surface area contributed by atoms with Crippen molar-refractivity contribution in [1.29, 1.82) is 0 Å². The first kappa shape index (κ1) is 17.2. The molecule has 0 unspecified atom stereocenters. The zero-order valence-corrected chi connectivity index (χ0v) is 12.7. The Labute approximate surface area is 129 Å². The largest absolute Gasteiger partial charge is 0.480 e. The van der Waals surface area contributed by atoms with Crippen LogP contribution in [0.5, 0.6) is 0 Å². The van der Waals surface area contributed by atoms with E-state index in [0.29, 0.717) is 5.16 Å². The van der Waals surface area contributed by atoms with Crippen molar-refractivity contribution in [3.8, 4) is 0 Å². The van der Waals surface area contributed by atoms with Crippen molar-refractivity contribution in [2.24, 2.45) is 0 Å². The fourth-order valence-corrected chi connectivity index (χ4v) is 1.80. The van der Waals surface area contributed by atoms with E-state index in [-0.39, 0.29) is 10.7 Å². The summed E-state index contributed by atoms with van der Waals surface area (Å²) in [7, 11) is 1.12. The number of carbonyl (C=O) groups is 3. The van der Waals surface area contributed by atoms with Gasteiger partial charge in [0.25, 0.3) is 5.91 Å². The maximum atomic E-state index is 12.0. The lowest BCUT2D eigenvalue weighted by molar-refractivity contribution is -0.147. The highest BCUT2D eigenvalue weighted by molar-refractivity contribution is 7.98. The molecule has 21 heavy (non-hydrogen) atoms. The lowest BCUT2D eigenvalue weighted by Gasteiger charge is -2.13. The third kappa shape index (κ3) is 4.87. The summed E-state index contributed by atoms with van der Waals surface area (Å²) in [5.41, 5.74) is -0.160. The summed E-state index contributed by atoms with van der Waals surface area (Å²) in [6, 6.07) is -1.44. The molecule has 0 aliphatic heterocycles. The smallest absolute Gasteiger partial charge is 0.326 e. The van der Waals surface area contributed by atoms with Crippen molar-refractivity contribution in [1.82, 2.24) is 15.3 Å². The van der Waals surface area contributed by atoms with Crippen molar-refractivity contribution >= 4 is 41.2 Å². The van der Waals surface area contributed by atoms with E-state index in [0.717, 1.165) is 7.11 Å². The molecule has 114 valence electrons. The van der Waals surface area contributed by atoms with Crippen LogP contribution in [0.4, 0.5) is 0 Å². The lowest BCUT2D eigenvalue weighted by atomic mass is 10.2. The van der Waals surface area contributed by atoms with E-state index in [9.17, 15) is 14.4 Å². The molecule has 0 saturated heterocycles. The molecule has 0 aliphatic carbocycles. The minimum atomic E-state index is -1.44. The van der Waals surface area contributed by atoms with Gasteiger partial charge in [0.15, 0.2) is 10.9 Å². The van der Waals surface area contributed by atoms with Gasteiger partial charge < -0.3 is 15.2 Å². The number of nitrogens with zero attached hydrogens (tertiary/aromatic N) is 2. The first-order valence-corrected chi connectivity index (χ1v) is 7.16. The predicted molar refractivity (Wildman–Crippen MR) is 74.3 cm³/mol. The summed E-state index contributed by atoms with van der Waals surface area (Å²) in [5, 5.41) is 11.4. The van der Waals surface area contributed by atoms with Crippen molar-refractivity contribution in [2.75, 3.05) is 13.4 Å². The molecule has 2 N–H and O–H groups in total. The Kier molecular flexibility index (Phi) is 6.38. The average molecular weight is 334 g/mol. The van der Waals surface area contributed by atoms with Gasteiger partial charge in [-0.25, -0.2) is 14.8 Å². The standard InChI is InChI=1S/C11H12ClN3O5S/c1-20-7(16)3-6(10(18)19)14-9(17)8-5(12)4-13-11(15-8)21-2/h4,6H,3H2,1-2H3,(H,14,17)(H,18,19)/t6-/m0/s1. The second kappa shape index (κ2) is 7.79. The number of hydrogen-bond donors (Lipinski definition) is 2. The fourth-order valence-electron chi connectivity index (χ4n) is 1.29. The third-order valence-corrected chi connectivity index (χ3v) is 3.16. The van der Waals surface area contributed by atoms with Crippen molar-refractivity contribution < 1.29 is 24.2 Å². The van der Waals surface area contributed by atoms with E-state index in [2.05, 4.69) is 20.0 Å². The van der Waals surface area contributed by atoms with Crippen LogP contribution in [0.1, 0.15) is 16.9 Å². The minimum absolute atomic E-state index is 0.0208. The van der Waals surface area contributed by atoms with Gasteiger partial charge in [-0.1, -0.05) is 23.4 Å². The summed E-state index contributed by atoms with van der Waals surface area (Å²) in [6.07, 6.45) is 2.45. The number of carbonyl (C=O) groups excluding carboxylic acids is 2. The molecule has 0 spiro atoms. The van der Waals surface area contributed by atoms with E-state index < -0.39 is 30.3 Å². The van der Waals surface area contributed by atoms with Crippen LogP contribution in [0.25, 0.3) is 0 Å². The molecule has 0 bridgehead atoms. The Balaban J connectivity index is 2.91. The van der Waals surface area contributed by atoms with Crippen molar-refractivity contribution in [2.45, 2.75) is 17.6 Å². The summed E-state index contributed by atoms with van der Waals surface area (Å²) < 4.78 is 4.37. The molecule has 0 aliphatic rings. The van der Waals surface area contributed by atoms with E-state index in [4.69, 9.17) is 16.7 Å². The highest BCUT2D eigenvalue weighted by Crippen LogP contribution is 2.16. The number of thioether (sulfide) groups is 1. The number of nitrogens with one attached hydrogen (secondary N) is 1. The van der Waals surface area contributed by atoms with Gasteiger partial charge in [-0.15, -0.1) is 0 Å². The molecular formula is C11H12ClN3O5S. The highest BCUT2D eigenvalue weighted by Gasteiger charge is 2.26. The first-order chi connectivity index (χ1) is 9.88. The number of ether oxygens (including phenoxy) is 1. The molecule has 1 heterocycles. The second-order valence-electron chi connectivity index (χ2n) is 3.70. The molecule has 1 atom stereocenters. The topological polar surface area (TPSA) is 118 Å². The normalized spacial score (nSPS) is 11.6. The fraction of sp³-hybridized carbons (Fsp3) is 0.364. The molecule has 0 saturated carbocycles. The van der Waals surface area contributed by atoms with Crippen LogP contribution < -0.4 is 5.32 Å². The van der Waals surface area contributed by atoms with Gasteiger partial charge in [0, 0.05) is 0 Å². The molecule has 1 aromatic heterocycles. The Hall–Kier alpha value is -1.87. The summed E-state index contributed by atoms with van der Waals surface area (Å²) in [6.45, 7) is 0. The van der Waals surface area contributed by atoms with E-state index >= 15 is 0 Å². The quantitative estimate of drug-likeness (QED) is 0.441. The number of carboxylic acids is 1. The lowest BCUT2D eigenvalue weighted by Crippen LogP contribution is -2.42. The van der Waals surface area contributed by atoms with E-state index in [1.807, 2.05) is 0 Å². The minimum Gasteiger partial charge on any atom is -0.480 e. The number of methoxy groups -OCH3 is 1. The third-order valence-electron chi connectivity index (χ3n) is 2.32. The Morgan fingerprint density at radius 3 is 2.71 bits per heavy atom. The Morgan fingerprint density at radius 2 is 2.19 bits per heavy atom. The summed E-state index contributed by atoms with van der Waals surface area (Å²) in [5.74, 6) is -2.95. The van der Waals surface area contributed by atoms with Gasteiger partial charge in [0.1, 0.15) is 6.04 Å². The van der Waals surface area contributed by atoms with Gasteiger partial charge in [-0.3, -0.25) is 9.59 Å². The maximum absolute atomic E-state index is 12.0. The average Bonchev–Trinajstić information content (AvgIpc) is 2.46. The predicted octanol–water partition coefficient (Wildman–Crippen LogP) is 0.598. The Morgan fingerprint density at radius 1 is 1.52 bits per heavy atom. The molecule has 8 nitrogen and oxygen atoms in total. The molecule has 0 aromatic carbocycles. The number of amides is 1. The first-order valence-electron chi connectivity index (χ1n) is 5.56. The molecule has 0 fully saturated rings. The van der Waals surface area contributed by atoms with Crippen LogP contribution >= 0.6 is 23.4 Å². The zero-order chi connectivity index (χ0) is 16.0. The van der Waals surface area contributed by atoms with Crippen LogP contribution in [-0.4, -0.2) is 52.3 Å². The van der Waals surface area contributed by atoms with Crippen molar-refractivity contribution in [3.63, 3.8) is 0 Å². The molecule has 1 rings (SSSR count). The molecular weight excluding hydrogens is 322 g/mol. The maximum Gasteiger partial charge on any atom is 0.326 e. The number of esters is 1. The molecule has 1 amide bonds. The van der Waals surface area contributed by atoms with Crippen LogP contribution in [0.15, 0.2) is 11.4 Å². The monoisotopic (exact) mass is 333 g/mol. The number of rotatable bonds is 6. The van der Waals surface area contributed by atoms with Gasteiger partial charge in [-0.05, 0) is 6.26 Å². The number of carboxylic acid groups (broad SMARTS) is 1. The van der Waals surface area contributed by atoms with Gasteiger partial charge in [-0.2, -0.15) is 0 Å². The molecule has 1 aromatic rings. The van der Waals surface area contributed by atoms with E-state index in [1.54, 1.807) is 6.26 Å². The van der Waals surface area contributed by atoms with E-state index in [1.165, 1.54) is 18.0 Å². The van der Waals surface area contributed by atoms with Crippen LogP contribution in [0.3, 0.4) is 0 Å². The van der Waals surface area contributed by atoms with Gasteiger partial charge in [0.05, 0.1) is 24.8 Å². The zero-order valence-electron chi connectivity index (χ0n) is 11.1. The highest BCUT2D eigenvalue weighted by atomic mass is 35.5. The van der Waals surface area contributed by atoms with Crippen LogP contribution in [0, 0.1) is 0 Å². The number of aromatic nitrogens is 2. The van der Waals surface area contributed by atoms with Crippen LogP contribution in [-0.2, 0) is 14.3 Å². The van der Waals surface area contributed by atoms with Gasteiger partial charge in [0.2, 0.25) is 0 Å².